The van der Waals surface area contributed by atoms with Crippen molar-refractivity contribution in [1.29, 1.82) is 0 Å². The third-order valence-electron chi connectivity index (χ3n) is 1.95. The topological polar surface area (TPSA) is 44.8 Å². The first-order valence-electron chi connectivity index (χ1n) is 5.77. The average Bonchev–Trinajstić information content (AvgIpc) is 2.28. The van der Waals surface area contributed by atoms with Gasteiger partial charge in [0.15, 0.2) is 0 Å². The van der Waals surface area contributed by atoms with Gasteiger partial charge < -0.3 is 14.2 Å². The number of esters is 1. The smallest absolute Gasteiger partial charge is 0.330 e. The summed E-state index contributed by atoms with van der Waals surface area (Å²) in [5, 5.41) is 0. The van der Waals surface area contributed by atoms with E-state index >= 15 is 0 Å². The van der Waals surface area contributed by atoms with Crippen molar-refractivity contribution in [3.63, 3.8) is 0 Å². The number of hydrogen-bond acceptors (Lipinski definition) is 4. The van der Waals surface area contributed by atoms with E-state index in [2.05, 4.69) is 6.58 Å². The second-order valence-electron chi connectivity index (χ2n) is 3.21. The van der Waals surface area contributed by atoms with Crippen LogP contribution in [0.25, 0.3) is 0 Å². The molecule has 0 amide bonds. The SMILES string of the molecule is C=CC(=O)OCCC[SiH2]C(OCC)OCC. The van der Waals surface area contributed by atoms with Gasteiger partial charge in [-0.15, -0.1) is 0 Å². The van der Waals surface area contributed by atoms with Crippen LogP contribution in [0.3, 0.4) is 0 Å². The van der Waals surface area contributed by atoms with Crippen LogP contribution in [0, 0.1) is 0 Å². The fraction of sp³-hybridized carbons (Fsp3) is 0.727. The summed E-state index contributed by atoms with van der Waals surface area (Å²) in [5.41, 5.74) is 0. The monoisotopic (exact) mass is 246 g/mol. The molecule has 4 nitrogen and oxygen atoms in total. The van der Waals surface area contributed by atoms with Crippen LogP contribution in [0.1, 0.15) is 20.3 Å². The van der Waals surface area contributed by atoms with E-state index in [1.165, 1.54) is 6.08 Å². The van der Waals surface area contributed by atoms with E-state index in [0.29, 0.717) is 19.8 Å². The molecule has 0 saturated carbocycles. The van der Waals surface area contributed by atoms with Crippen LogP contribution in [0.15, 0.2) is 12.7 Å². The maximum Gasteiger partial charge on any atom is 0.330 e. The van der Waals surface area contributed by atoms with Crippen LogP contribution in [-0.4, -0.2) is 41.2 Å². The van der Waals surface area contributed by atoms with E-state index in [9.17, 15) is 4.79 Å². The van der Waals surface area contributed by atoms with Crippen molar-refractivity contribution >= 4 is 15.5 Å². The zero-order chi connectivity index (χ0) is 12.2. The van der Waals surface area contributed by atoms with Gasteiger partial charge in [-0.2, -0.15) is 0 Å². The van der Waals surface area contributed by atoms with Gasteiger partial charge in [0.05, 0.1) is 16.1 Å². The van der Waals surface area contributed by atoms with Crippen LogP contribution in [0.2, 0.25) is 6.04 Å². The highest BCUT2D eigenvalue weighted by atomic mass is 28.2. The lowest BCUT2D eigenvalue weighted by Crippen LogP contribution is -2.24. The van der Waals surface area contributed by atoms with Crippen LogP contribution in [0.5, 0.6) is 0 Å². The van der Waals surface area contributed by atoms with Crippen molar-refractivity contribution in [2.75, 3.05) is 19.8 Å². The minimum atomic E-state index is -0.409. The van der Waals surface area contributed by atoms with Crippen LogP contribution < -0.4 is 0 Å². The third-order valence-corrected chi connectivity index (χ3v) is 3.80. The molecule has 0 aliphatic carbocycles. The first-order chi connectivity index (χ1) is 7.74. The molecule has 0 bridgehead atoms. The standard InChI is InChI=1S/C11H22O4Si/c1-4-10(12)15-8-7-9-16-11(13-5-2)14-6-3/h4,11H,1,5-9,16H2,2-3H3. The van der Waals surface area contributed by atoms with Gasteiger partial charge in [0, 0.05) is 19.3 Å². The van der Waals surface area contributed by atoms with Crippen molar-refractivity contribution < 1.29 is 19.0 Å². The zero-order valence-corrected chi connectivity index (χ0v) is 11.7. The molecule has 0 rings (SSSR count). The fourth-order valence-electron chi connectivity index (χ4n) is 1.23. The Bertz CT molecular complexity index is 190. The molecule has 0 atom stereocenters. The molecule has 94 valence electrons. The lowest BCUT2D eigenvalue weighted by Gasteiger charge is -2.16. The van der Waals surface area contributed by atoms with Gasteiger partial charge in [0.1, 0.15) is 5.91 Å². The van der Waals surface area contributed by atoms with E-state index in [1.54, 1.807) is 0 Å². The van der Waals surface area contributed by atoms with Crippen molar-refractivity contribution in [3.8, 4) is 0 Å². The minimum Gasteiger partial charge on any atom is -0.463 e. The Kier molecular flexibility index (Phi) is 10.4. The van der Waals surface area contributed by atoms with Crippen LogP contribution in [-0.2, 0) is 19.0 Å². The highest BCUT2D eigenvalue weighted by molar-refractivity contribution is 6.36. The summed E-state index contributed by atoms with van der Waals surface area (Å²) >= 11 is 0. The first kappa shape index (κ1) is 15.3. The highest BCUT2D eigenvalue weighted by Crippen LogP contribution is 1.99. The quantitative estimate of drug-likeness (QED) is 0.190. The molecule has 0 aromatic heterocycles. The summed E-state index contributed by atoms with van der Waals surface area (Å²) in [7, 11) is -0.409. The lowest BCUT2D eigenvalue weighted by atomic mass is 10.5. The average molecular weight is 246 g/mol. The summed E-state index contributed by atoms with van der Waals surface area (Å²) in [6.45, 7) is 9.09. The normalized spacial score (nSPS) is 11.2. The lowest BCUT2D eigenvalue weighted by molar-refractivity contribution is -0.137. The zero-order valence-electron chi connectivity index (χ0n) is 10.2. The Balaban J connectivity index is 3.46. The molecular weight excluding hydrogens is 224 g/mol. The second kappa shape index (κ2) is 10.9. The Morgan fingerprint density at radius 3 is 2.50 bits per heavy atom. The fourth-order valence-corrected chi connectivity index (χ4v) is 2.86. The van der Waals surface area contributed by atoms with E-state index in [0.717, 1.165) is 12.5 Å². The molecule has 0 aliphatic heterocycles. The van der Waals surface area contributed by atoms with Crippen molar-refractivity contribution in [2.45, 2.75) is 32.2 Å². The maximum atomic E-state index is 10.7. The van der Waals surface area contributed by atoms with Gasteiger partial charge >= 0.3 is 5.97 Å². The number of carbonyl (C=O) groups is 1. The highest BCUT2D eigenvalue weighted by Gasteiger charge is 2.07. The predicted molar refractivity (Wildman–Crippen MR) is 66.2 cm³/mol. The van der Waals surface area contributed by atoms with Gasteiger partial charge in [-0.1, -0.05) is 12.6 Å². The number of carbonyl (C=O) groups excluding carboxylic acids is 1. The van der Waals surface area contributed by atoms with E-state index in [-0.39, 0.29) is 11.9 Å². The molecular formula is C11H22O4Si. The van der Waals surface area contributed by atoms with Crippen LogP contribution in [0.4, 0.5) is 0 Å². The molecule has 0 aromatic carbocycles. The van der Waals surface area contributed by atoms with E-state index in [1.807, 2.05) is 13.8 Å². The Labute approximate surface area is 99.8 Å². The molecule has 0 heterocycles. The Hall–Kier alpha value is -0.653. The van der Waals surface area contributed by atoms with Crippen molar-refractivity contribution in [2.24, 2.45) is 0 Å². The van der Waals surface area contributed by atoms with Crippen molar-refractivity contribution in [3.05, 3.63) is 12.7 Å². The van der Waals surface area contributed by atoms with Gasteiger partial charge in [-0.25, -0.2) is 4.79 Å². The Morgan fingerprint density at radius 2 is 2.00 bits per heavy atom. The van der Waals surface area contributed by atoms with Gasteiger partial charge in [0.2, 0.25) is 0 Å². The number of ether oxygens (including phenoxy) is 3. The first-order valence-corrected chi connectivity index (χ1v) is 7.58. The molecule has 0 N–H and O–H groups in total. The van der Waals surface area contributed by atoms with Crippen molar-refractivity contribution in [1.82, 2.24) is 0 Å². The summed E-state index contributed by atoms with van der Waals surface area (Å²) in [6, 6.07) is 1.05. The molecule has 5 heteroatoms. The second-order valence-corrected chi connectivity index (χ2v) is 5.16. The Morgan fingerprint density at radius 1 is 1.38 bits per heavy atom. The molecule has 0 fully saturated rings. The summed E-state index contributed by atoms with van der Waals surface area (Å²) in [5.74, 6) is -0.349. The molecule has 0 unspecified atom stereocenters. The van der Waals surface area contributed by atoms with Gasteiger partial charge in [0.25, 0.3) is 0 Å². The third kappa shape index (κ3) is 8.64. The molecule has 0 radical (unpaired) electrons. The summed E-state index contributed by atoms with van der Waals surface area (Å²) < 4.78 is 15.8. The molecule has 16 heavy (non-hydrogen) atoms. The molecule has 0 aliphatic rings. The number of rotatable bonds is 10. The van der Waals surface area contributed by atoms with E-state index in [4.69, 9.17) is 14.2 Å². The largest absolute Gasteiger partial charge is 0.463 e. The predicted octanol–water partition coefficient (Wildman–Crippen LogP) is 1.05. The van der Waals surface area contributed by atoms with Gasteiger partial charge in [-0.05, 0) is 20.3 Å². The van der Waals surface area contributed by atoms with Crippen LogP contribution >= 0.6 is 0 Å². The molecule has 0 spiro atoms. The maximum absolute atomic E-state index is 10.7. The van der Waals surface area contributed by atoms with Gasteiger partial charge in [-0.3, -0.25) is 0 Å². The molecule has 0 aromatic rings. The number of hydrogen-bond donors (Lipinski definition) is 0. The minimum absolute atomic E-state index is 0.00473. The van der Waals surface area contributed by atoms with E-state index < -0.39 is 9.52 Å². The molecule has 0 saturated heterocycles. The summed E-state index contributed by atoms with van der Waals surface area (Å²) in [6.07, 6.45) is 2.06. The summed E-state index contributed by atoms with van der Waals surface area (Å²) in [4.78, 5) is 10.7.